The van der Waals surface area contributed by atoms with Crippen LogP contribution in [-0.2, 0) is 11.2 Å². The Kier molecular flexibility index (Phi) is 7.18. The second-order valence-electron chi connectivity index (χ2n) is 8.83. The maximum Gasteiger partial charge on any atom is 0.290 e. The van der Waals surface area contributed by atoms with E-state index in [2.05, 4.69) is 11.4 Å². The van der Waals surface area contributed by atoms with Crippen molar-refractivity contribution in [2.24, 2.45) is 5.92 Å². The zero-order valence-corrected chi connectivity index (χ0v) is 20.1. The van der Waals surface area contributed by atoms with Crippen LogP contribution in [0, 0.1) is 12.8 Å². The van der Waals surface area contributed by atoms with Crippen LogP contribution in [0.1, 0.15) is 46.4 Å². The zero-order chi connectivity index (χ0) is 23.4. The maximum absolute atomic E-state index is 13.5. The average molecular weight is 467 g/mol. The minimum absolute atomic E-state index is 0.0121. The third kappa shape index (κ3) is 5.47. The van der Waals surface area contributed by atoms with Crippen molar-refractivity contribution >= 4 is 23.2 Å². The Labute approximate surface area is 198 Å². The van der Waals surface area contributed by atoms with Gasteiger partial charge < -0.3 is 19.0 Å². The topological polar surface area (TPSA) is 63.0 Å². The number of benzene rings is 1. The van der Waals surface area contributed by atoms with Crippen LogP contribution >= 0.6 is 11.3 Å². The molecule has 0 bridgehead atoms. The smallest absolute Gasteiger partial charge is 0.290 e. The fraction of sp³-hybridized carbons (Fsp3) is 0.385. The van der Waals surface area contributed by atoms with Gasteiger partial charge in [-0.25, -0.2) is 0 Å². The van der Waals surface area contributed by atoms with Gasteiger partial charge >= 0.3 is 0 Å². The molecule has 0 fully saturated rings. The fourth-order valence-electron chi connectivity index (χ4n) is 4.15. The molecular weight excluding hydrogens is 436 g/mol. The Hall–Kier alpha value is -3.06. The Balaban J connectivity index is 1.52. The Morgan fingerprint density at radius 1 is 1.21 bits per heavy atom. The number of thiophene rings is 1. The number of fused-ring (bicyclic) bond motifs is 1. The van der Waals surface area contributed by atoms with Crippen molar-refractivity contribution in [3.63, 3.8) is 0 Å². The number of nitrogens with zero attached hydrogens (tertiary/aromatic N) is 2. The minimum Gasteiger partial charge on any atom is -0.491 e. The molecule has 2 aromatic heterocycles. The predicted molar refractivity (Wildman–Crippen MR) is 129 cm³/mol. The van der Waals surface area contributed by atoms with Crippen LogP contribution in [0.15, 0.2) is 58.5 Å². The number of ether oxygens (including phenoxy) is 1. The minimum atomic E-state index is -0.261. The zero-order valence-electron chi connectivity index (χ0n) is 19.3. The molecule has 1 aliphatic rings. The quantitative estimate of drug-likeness (QED) is 0.471. The summed E-state index contributed by atoms with van der Waals surface area (Å²) in [6, 6.07) is 13.1. The van der Waals surface area contributed by atoms with E-state index in [0.29, 0.717) is 19.7 Å². The number of carbonyl (C=O) groups is 2. The highest BCUT2D eigenvalue weighted by Crippen LogP contribution is 2.34. The van der Waals surface area contributed by atoms with E-state index < -0.39 is 0 Å². The van der Waals surface area contributed by atoms with Crippen molar-refractivity contribution in [1.29, 1.82) is 0 Å². The molecule has 0 radical (unpaired) electrons. The Bertz CT molecular complexity index is 1070. The third-order valence-corrected chi connectivity index (χ3v) is 6.77. The summed E-state index contributed by atoms with van der Waals surface area (Å²) in [6.07, 6.45) is 2.29. The molecule has 3 heterocycles. The van der Waals surface area contributed by atoms with Gasteiger partial charge in [0.25, 0.3) is 5.91 Å². The van der Waals surface area contributed by atoms with Crippen molar-refractivity contribution < 1.29 is 18.7 Å². The molecule has 0 N–H and O–H groups in total. The number of furan rings is 1. The summed E-state index contributed by atoms with van der Waals surface area (Å²) in [5.74, 6) is 0.918. The van der Waals surface area contributed by atoms with Gasteiger partial charge in [-0.2, -0.15) is 0 Å². The van der Waals surface area contributed by atoms with E-state index in [1.165, 1.54) is 16.7 Å². The molecule has 3 aromatic rings. The highest BCUT2D eigenvalue weighted by molar-refractivity contribution is 7.10. The molecule has 0 spiro atoms. The van der Waals surface area contributed by atoms with Gasteiger partial charge in [-0.05, 0) is 60.5 Å². The highest BCUT2D eigenvalue weighted by Gasteiger charge is 2.34. The summed E-state index contributed by atoms with van der Waals surface area (Å²) in [5.41, 5.74) is 2.31. The summed E-state index contributed by atoms with van der Waals surface area (Å²) >= 11 is 1.72. The second-order valence-corrected chi connectivity index (χ2v) is 9.83. The molecule has 0 aliphatic carbocycles. The molecule has 1 aromatic carbocycles. The molecule has 0 saturated heterocycles. The van der Waals surface area contributed by atoms with E-state index >= 15 is 0 Å². The van der Waals surface area contributed by atoms with Gasteiger partial charge in [0.15, 0.2) is 5.76 Å². The van der Waals surface area contributed by atoms with E-state index in [1.807, 2.05) is 49.9 Å². The molecule has 33 heavy (non-hydrogen) atoms. The lowest BCUT2D eigenvalue weighted by Crippen LogP contribution is -2.48. The number of rotatable bonds is 8. The van der Waals surface area contributed by atoms with E-state index in [9.17, 15) is 9.59 Å². The number of carbonyl (C=O) groups excluding carboxylic acids is 2. The van der Waals surface area contributed by atoms with Crippen molar-refractivity contribution in [3.05, 3.63) is 75.9 Å². The van der Waals surface area contributed by atoms with Crippen molar-refractivity contribution in [3.8, 4) is 5.75 Å². The van der Waals surface area contributed by atoms with E-state index in [0.717, 1.165) is 17.7 Å². The second kappa shape index (κ2) is 10.3. The number of aryl methyl sites for hydroxylation is 1. The first-order valence-electron chi connectivity index (χ1n) is 11.3. The molecule has 0 unspecified atom stereocenters. The molecule has 174 valence electrons. The van der Waals surface area contributed by atoms with Gasteiger partial charge in [-0.15, -0.1) is 11.3 Å². The van der Waals surface area contributed by atoms with Gasteiger partial charge in [-0.1, -0.05) is 31.5 Å². The van der Waals surface area contributed by atoms with Gasteiger partial charge in [0.05, 0.1) is 12.3 Å². The fourth-order valence-corrected chi connectivity index (χ4v) is 5.08. The molecule has 2 amide bonds. The van der Waals surface area contributed by atoms with Crippen LogP contribution in [0.4, 0.5) is 0 Å². The monoisotopic (exact) mass is 466 g/mol. The number of hydrogen-bond donors (Lipinski definition) is 0. The lowest BCUT2D eigenvalue weighted by Gasteiger charge is -2.37. The van der Waals surface area contributed by atoms with Crippen LogP contribution in [0.25, 0.3) is 0 Å². The SMILES string of the molecule is Cc1ccc(OC[C@@H]2c3ccsc3CCN2C(=O)CN(CC(C)C)C(=O)c2ccco2)cc1. The van der Waals surface area contributed by atoms with Crippen LogP contribution in [0.3, 0.4) is 0 Å². The lowest BCUT2D eigenvalue weighted by atomic mass is 10.00. The first-order chi connectivity index (χ1) is 15.9. The van der Waals surface area contributed by atoms with Crippen molar-refractivity contribution in [2.45, 2.75) is 33.2 Å². The molecule has 4 rings (SSSR count). The number of amides is 2. The van der Waals surface area contributed by atoms with Crippen molar-refractivity contribution in [1.82, 2.24) is 9.80 Å². The summed E-state index contributed by atoms with van der Waals surface area (Å²) < 4.78 is 11.4. The lowest BCUT2D eigenvalue weighted by molar-refractivity contribution is -0.135. The van der Waals surface area contributed by atoms with Gasteiger partial charge in [0, 0.05) is 18.0 Å². The highest BCUT2D eigenvalue weighted by atomic mass is 32.1. The van der Waals surface area contributed by atoms with Gasteiger partial charge in [0.1, 0.15) is 18.9 Å². The molecule has 0 saturated carbocycles. The van der Waals surface area contributed by atoms with E-state index in [4.69, 9.17) is 9.15 Å². The normalized spacial score (nSPS) is 15.4. The Morgan fingerprint density at radius 3 is 2.70 bits per heavy atom. The predicted octanol–water partition coefficient (Wildman–Crippen LogP) is 4.95. The molecule has 1 atom stereocenters. The first-order valence-corrected chi connectivity index (χ1v) is 12.2. The van der Waals surface area contributed by atoms with Gasteiger partial charge in [-0.3, -0.25) is 9.59 Å². The largest absolute Gasteiger partial charge is 0.491 e. The van der Waals surface area contributed by atoms with Crippen LogP contribution in [0.2, 0.25) is 0 Å². The van der Waals surface area contributed by atoms with Crippen molar-refractivity contribution in [2.75, 3.05) is 26.2 Å². The standard InChI is InChI=1S/C26H30N2O4S/c1-18(2)15-27(26(30)23-5-4-13-31-23)16-25(29)28-12-10-24-21(11-14-33-24)22(28)17-32-20-8-6-19(3)7-9-20/h4-9,11,13-14,18,22H,10,12,15-17H2,1-3H3/t22-/m1/s1. The van der Waals surface area contributed by atoms with E-state index in [-0.39, 0.29) is 36.1 Å². The number of hydrogen-bond acceptors (Lipinski definition) is 5. The van der Waals surface area contributed by atoms with E-state index in [1.54, 1.807) is 28.4 Å². The summed E-state index contributed by atoms with van der Waals surface area (Å²) in [4.78, 5) is 31.2. The first kappa shape index (κ1) is 23.1. The summed E-state index contributed by atoms with van der Waals surface area (Å²) in [7, 11) is 0. The van der Waals surface area contributed by atoms with Crippen LogP contribution < -0.4 is 4.74 Å². The Morgan fingerprint density at radius 2 is 2.00 bits per heavy atom. The summed E-state index contributed by atoms with van der Waals surface area (Å²) in [6.45, 7) is 7.57. The molecule has 6 nitrogen and oxygen atoms in total. The van der Waals surface area contributed by atoms with Crippen LogP contribution in [-0.4, -0.2) is 47.9 Å². The third-order valence-electron chi connectivity index (χ3n) is 5.77. The van der Waals surface area contributed by atoms with Crippen LogP contribution in [0.5, 0.6) is 5.75 Å². The van der Waals surface area contributed by atoms with Gasteiger partial charge in [0.2, 0.25) is 5.91 Å². The maximum atomic E-state index is 13.5. The molecule has 1 aliphatic heterocycles. The molecular formula is C26H30N2O4S. The average Bonchev–Trinajstić information content (AvgIpc) is 3.49. The summed E-state index contributed by atoms with van der Waals surface area (Å²) in [5, 5.41) is 2.07. The molecule has 7 heteroatoms.